The topological polar surface area (TPSA) is 57.6 Å². The predicted molar refractivity (Wildman–Crippen MR) is 50.9 cm³/mol. The van der Waals surface area contributed by atoms with Gasteiger partial charge in [-0.1, -0.05) is 6.42 Å². The molecule has 0 aromatic heterocycles. The van der Waals surface area contributed by atoms with Gasteiger partial charge in [-0.15, -0.1) is 0 Å². The molecule has 0 aromatic rings. The second kappa shape index (κ2) is 3.94. The van der Waals surface area contributed by atoms with Crippen LogP contribution in [0.15, 0.2) is 0 Å². The fourth-order valence-corrected chi connectivity index (χ4v) is 3.06. The maximum absolute atomic E-state index is 11.3. The van der Waals surface area contributed by atoms with Gasteiger partial charge < -0.3 is 5.11 Å². The average molecular weight is 207 g/mol. The van der Waals surface area contributed by atoms with E-state index in [0.29, 0.717) is 6.54 Å². The zero-order chi connectivity index (χ0) is 10.1. The first-order valence-electron chi connectivity index (χ1n) is 4.58. The Morgan fingerprint density at radius 3 is 2.46 bits per heavy atom. The van der Waals surface area contributed by atoms with Crippen molar-refractivity contribution in [3.8, 4) is 0 Å². The maximum Gasteiger partial charge on any atom is 0.211 e. The highest BCUT2D eigenvalue weighted by molar-refractivity contribution is 7.88. The second-order valence-corrected chi connectivity index (χ2v) is 5.61. The van der Waals surface area contributed by atoms with Gasteiger partial charge in [-0.2, -0.15) is 4.31 Å². The molecule has 1 aliphatic rings. The molecule has 0 amide bonds. The Balaban J connectivity index is 2.80. The van der Waals surface area contributed by atoms with Gasteiger partial charge in [0.05, 0.1) is 18.4 Å². The number of aliphatic hydroxyl groups excluding tert-OH is 1. The van der Waals surface area contributed by atoms with Crippen LogP contribution in [0.4, 0.5) is 0 Å². The van der Waals surface area contributed by atoms with Crippen LogP contribution in [0.2, 0.25) is 0 Å². The maximum atomic E-state index is 11.3. The number of rotatable bonds is 2. The number of piperidine rings is 1. The molecule has 0 spiro atoms. The van der Waals surface area contributed by atoms with Crippen LogP contribution in [-0.2, 0) is 10.0 Å². The van der Waals surface area contributed by atoms with Crippen molar-refractivity contribution in [3.63, 3.8) is 0 Å². The highest BCUT2D eigenvalue weighted by Gasteiger charge is 2.31. The standard InChI is InChI=1S/C8H17NO3S/c1-7(10)8-5-3-4-6-9(8)13(2,11)12/h7-8,10H,3-6H2,1-2H3. The van der Waals surface area contributed by atoms with Crippen LogP contribution in [0, 0.1) is 0 Å². The van der Waals surface area contributed by atoms with E-state index in [-0.39, 0.29) is 6.04 Å². The molecule has 0 radical (unpaired) electrons. The van der Waals surface area contributed by atoms with Crippen LogP contribution in [0.1, 0.15) is 26.2 Å². The number of hydrogen-bond acceptors (Lipinski definition) is 3. The second-order valence-electron chi connectivity index (χ2n) is 3.68. The largest absolute Gasteiger partial charge is 0.392 e. The molecule has 0 aromatic carbocycles. The van der Waals surface area contributed by atoms with Gasteiger partial charge in [-0.3, -0.25) is 0 Å². The molecule has 13 heavy (non-hydrogen) atoms. The minimum atomic E-state index is -3.15. The van der Waals surface area contributed by atoms with Crippen LogP contribution < -0.4 is 0 Å². The predicted octanol–water partition coefficient (Wildman–Crippen LogP) is 0.181. The molecular formula is C8H17NO3S. The lowest BCUT2D eigenvalue weighted by atomic mass is 10.0. The summed E-state index contributed by atoms with van der Waals surface area (Å²) >= 11 is 0. The first-order valence-corrected chi connectivity index (χ1v) is 6.42. The van der Waals surface area contributed by atoms with E-state index >= 15 is 0 Å². The van der Waals surface area contributed by atoms with Gasteiger partial charge in [0.2, 0.25) is 10.0 Å². The lowest BCUT2D eigenvalue weighted by Crippen LogP contribution is -2.48. The summed E-state index contributed by atoms with van der Waals surface area (Å²) in [5, 5.41) is 9.40. The minimum absolute atomic E-state index is 0.219. The van der Waals surface area contributed by atoms with Crippen molar-refractivity contribution < 1.29 is 13.5 Å². The molecule has 1 heterocycles. The summed E-state index contributed by atoms with van der Waals surface area (Å²) in [7, 11) is -3.15. The van der Waals surface area contributed by atoms with E-state index in [1.165, 1.54) is 10.6 Å². The van der Waals surface area contributed by atoms with Crippen molar-refractivity contribution in [2.24, 2.45) is 0 Å². The molecule has 0 aliphatic carbocycles. The third-order valence-electron chi connectivity index (χ3n) is 2.48. The van der Waals surface area contributed by atoms with Crippen molar-refractivity contribution in [2.45, 2.75) is 38.3 Å². The third kappa shape index (κ3) is 2.65. The molecule has 1 N–H and O–H groups in total. The van der Waals surface area contributed by atoms with Crippen LogP contribution >= 0.6 is 0 Å². The quantitative estimate of drug-likeness (QED) is 0.703. The van der Waals surface area contributed by atoms with Gasteiger partial charge in [0.1, 0.15) is 0 Å². The van der Waals surface area contributed by atoms with Gasteiger partial charge in [-0.25, -0.2) is 8.42 Å². The van der Waals surface area contributed by atoms with Gasteiger partial charge in [0.25, 0.3) is 0 Å². The zero-order valence-corrected chi connectivity index (χ0v) is 8.92. The lowest BCUT2D eigenvalue weighted by Gasteiger charge is -2.35. The molecule has 0 bridgehead atoms. The summed E-state index contributed by atoms with van der Waals surface area (Å²) in [5.74, 6) is 0. The molecule has 4 nitrogen and oxygen atoms in total. The summed E-state index contributed by atoms with van der Waals surface area (Å²) in [4.78, 5) is 0. The Bertz CT molecular complexity index is 261. The van der Waals surface area contributed by atoms with E-state index in [4.69, 9.17) is 0 Å². The smallest absolute Gasteiger partial charge is 0.211 e. The van der Waals surface area contributed by atoms with Crippen molar-refractivity contribution >= 4 is 10.0 Å². The van der Waals surface area contributed by atoms with Crippen LogP contribution in [0.3, 0.4) is 0 Å². The Morgan fingerprint density at radius 1 is 1.46 bits per heavy atom. The summed E-state index contributed by atoms with van der Waals surface area (Å²) in [6.07, 6.45) is 3.30. The van der Waals surface area contributed by atoms with Crippen molar-refractivity contribution in [1.29, 1.82) is 0 Å². The third-order valence-corrected chi connectivity index (χ3v) is 3.79. The van der Waals surface area contributed by atoms with E-state index in [1.54, 1.807) is 6.92 Å². The van der Waals surface area contributed by atoms with Crippen molar-refractivity contribution in [3.05, 3.63) is 0 Å². The summed E-state index contributed by atoms with van der Waals surface area (Å²) in [6.45, 7) is 2.20. The van der Waals surface area contributed by atoms with Crippen LogP contribution in [0.25, 0.3) is 0 Å². The molecule has 1 rings (SSSR count). The van der Waals surface area contributed by atoms with Crippen LogP contribution in [0.5, 0.6) is 0 Å². The molecule has 2 unspecified atom stereocenters. The van der Waals surface area contributed by atoms with Crippen LogP contribution in [-0.4, -0.2) is 42.8 Å². The van der Waals surface area contributed by atoms with E-state index in [0.717, 1.165) is 19.3 Å². The van der Waals surface area contributed by atoms with E-state index in [2.05, 4.69) is 0 Å². The normalized spacial score (nSPS) is 28.7. The van der Waals surface area contributed by atoms with E-state index in [1.807, 2.05) is 0 Å². The number of hydrogen-bond donors (Lipinski definition) is 1. The van der Waals surface area contributed by atoms with E-state index < -0.39 is 16.1 Å². The van der Waals surface area contributed by atoms with Gasteiger partial charge in [0.15, 0.2) is 0 Å². The fourth-order valence-electron chi connectivity index (χ4n) is 1.82. The highest BCUT2D eigenvalue weighted by Crippen LogP contribution is 2.21. The molecule has 1 fully saturated rings. The first kappa shape index (κ1) is 10.9. The number of nitrogens with zero attached hydrogens (tertiary/aromatic N) is 1. The molecule has 5 heteroatoms. The number of sulfonamides is 1. The first-order chi connectivity index (χ1) is 5.93. The summed E-state index contributed by atoms with van der Waals surface area (Å²) in [6, 6.07) is -0.219. The Labute approximate surface area is 79.6 Å². The van der Waals surface area contributed by atoms with Gasteiger partial charge in [-0.05, 0) is 19.8 Å². The average Bonchev–Trinajstić information content (AvgIpc) is 2.03. The summed E-state index contributed by atoms with van der Waals surface area (Å²) in [5.41, 5.74) is 0. The molecular weight excluding hydrogens is 190 g/mol. The monoisotopic (exact) mass is 207 g/mol. The van der Waals surface area contributed by atoms with Gasteiger partial charge >= 0.3 is 0 Å². The Kier molecular flexibility index (Phi) is 3.32. The van der Waals surface area contributed by atoms with Crippen molar-refractivity contribution in [2.75, 3.05) is 12.8 Å². The molecule has 1 aliphatic heterocycles. The SMILES string of the molecule is CC(O)C1CCCCN1S(C)(=O)=O. The summed E-state index contributed by atoms with van der Waals surface area (Å²) < 4.78 is 24.0. The molecule has 1 saturated heterocycles. The van der Waals surface area contributed by atoms with E-state index in [9.17, 15) is 13.5 Å². The Morgan fingerprint density at radius 2 is 2.08 bits per heavy atom. The molecule has 2 atom stereocenters. The molecule has 78 valence electrons. The fraction of sp³-hybridized carbons (Fsp3) is 1.00. The zero-order valence-electron chi connectivity index (χ0n) is 8.10. The lowest BCUT2D eigenvalue weighted by molar-refractivity contribution is 0.0835. The highest BCUT2D eigenvalue weighted by atomic mass is 32.2. The minimum Gasteiger partial charge on any atom is -0.392 e. The van der Waals surface area contributed by atoms with Crippen molar-refractivity contribution in [1.82, 2.24) is 4.31 Å². The Hall–Kier alpha value is -0.130. The molecule has 0 saturated carbocycles. The van der Waals surface area contributed by atoms with Gasteiger partial charge in [0, 0.05) is 6.54 Å². The number of aliphatic hydroxyl groups is 1.